The molecular formula is C50H64KNO3S2. The van der Waals surface area contributed by atoms with Crippen LogP contribution in [0.25, 0.3) is 0 Å². The first-order valence-electron chi connectivity index (χ1n) is 20.6. The monoisotopic (exact) mass is 829 g/mol. The average Bonchev–Trinajstić information content (AvgIpc) is 3.16. The molecule has 0 aromatic heterocycles. The molecule has 0 aliphatic carbocycles. The molecule has 0 amide bonds. The van der Waals surface area contributed by atoms with Gasteiger partial charge in [0.05, 0.1) is 6.07 Å². The van der Waals surface area contributed by atoms with Gasteiger partial charge in [-0.05, 0) is 99.6 Å². The van der Waals surface area contributed by atoms with Crippen molar-refractivity contribution in [2.45, 2.75) is 151 Å². The van der Waals surface area contributed by atoms with Gasteiger partial charge in [-0.3, -0.25) is 4.79 Å². The summed E-state index contributed by atoms with van der Waals surface area (Å²) in [5.74, 6) is 2.64. The number of unbranched alkanes of at least 4 members (excludes halogenated alkanes) is 7. The summed E-state index contributed by atoms with van der Waals surface area (Å²) in [5, 5.41) is 17.5. The van der Waals surface area contributed by atoms with Crippen molar-refractivity contribution in [3.05, 3.63) is 129 Å². The van der Waals surface area contributed by atoms with Gasteiger partial charge in [-0.1, -0.05) is 147 Å². The van der Waals surface area contributed by atoms with Crippen LogP contribution in [-0.4, -0.2) is 28.1 Å². The number of nitrogens with zero attached hydrogens (tertiary/aromatic N) is 1. The Hall–Kier alpha value is -1.86. The zero-order chi connectivity index (χ0) is 39.4. The van der Waals surface area contributed by atoms with E-state index in [0.29, 0.717) is 24.7 Å². The number of carboxylic acids is 1. The van der Waals surface area contributed by atoms with Crippen LogP contribution in [0.4, 0.5) is 0 Å². The molecule has 0 bridgehead atoms. The Morgan fingerprint density at radius 2 is 1.02 bits per heavy atom. The number of carboxylic acid groups (broad SMARTS) is 1. The average molecular weight is 830 g/mol. The fourth-order valence-electron chi connectivity index (χ4n) is 8.72. The third kappa shape index (κ3) is 13.3. The second kappa shape index (κ2) is 23.8. The maximum absolute atomic E-state index is 10.7. The number of thioether (sulfide) groups is 2. The van der Waals surface area contributed by atoms with Gasteiger partial charge in [0.25, 0.3) is 0 Å². The number of nitriles is 1. The van der Waals surface area contributed by atoms with E-state index < -0.39 is 5.97 Å². The molecule has 6 rings (SSSR count). The van der Waals surface area contributed by atoms with Crippen LogP contribution in [0.3, 0.4) is 0 Å². The molecule has 2 N–H and O–H groups in total. The second-order valence-electron chi connectivity index (χ2n) is 16.8. The fourth-order valence-corrected chi connectivity index (χ4v) is 11.7. The summed E-state index contributed by atoms with van der Waals surface area (Å²) in [5.41, 5.74) is 11.6. The molecule has 2 heterocycles. The van der Waals surface area contributed by atoms with E-state index in [1.807, 2.05) is 23.5 Å². The van der Waals surface area contributed by atoms with Gasteiger partial charge >= 0.3 is 57.4 Å². The number of carbonyl (C=O) groups is 1. The van der Waals surface area contributed by atoms with Crippen molar-refractivity contribution >= 4 is 29.5 Å². The van der Waals surface area contributed by atoms with Crippen LogP contribution in [0.15, 0.2) is 94.7 Å². The van der Waals surface area contributed by atoms with E-state index >= 15 is 0 Å². The predicted octanol–water partition coefficient (Wildman–Crippen LogP) is 11.0. The van der Waals surface area contributed by atoms with Crippen molar-refractivity contribution in [3.63, 3.8) is 0 Å². The van der Waals surface area contributed by atoms with Gasteiger partial charge in [0.1, 0.15) is 0 Å². The molecule has 0 fully saturated rings. The molecule has 300 valence electrons. The minimum absolute atomic E-state index is 0. The number of hydrogen-bond donors (Lipinski definition) is 1. The predicted molar refractivity (Wildman–Crippen MR) is 237 cm³/mol. The minimum Gasteiger partial charge on any atom is -0.870 e. The third-order valence-electron chi connectivity index (χ3n) is 12.3. The number of hydrogen-bond acceptors (Lipinski definition) is 5. The Kier molecular flexibility index (Phi) is 20.7. The molecule has 0 saturated carbocycles. The van der Waals surface area contributed by atoms with E-state index in [1.54, 1.807) is 0 Å². The van der Waals surface area contributed by atoms with Crippen LogP contribution in [0.5, 0.6) is 0 Å². The summed E-state index contributed by atoms with van der Waals surface area (Å²) in [6.07, 6.45) is 12.2. The van der Waals surface area contributed by atoms with Gasteiger partial charge in [-0.25, -0.2) is 0 Å². The molecule has 4 atom stereocenters. The third-order valence-corrected chi connectivity index (χ3v) is 15.1. The maximum atomic E-state index is 10.7. The summed E-state index contributed by atoms with van der Waals surface area (Å²) < 4.78 is 0. The molecular weight excluding hydrogens is 766 g/mol. The maximum Gasteiger partial charge on any atom is 1.00 e. The zero-order valence-corrected chi connectivity index (χ0v) is 40.5. The second-order valence-corrected chi connectivity index (χ2v) is 18.8. The van der Waals surface area contributed by atoms with Gasteiger partial charge in [0.2, 0.25) is 0 Å². The van der Waals surface area contributed by atoms with Crippen molar-refractivity contribution in [2.24, 2.45) is 0 Å². The van der Waals surface area contributed by atoms with E-state index in [-0.39, 0.29) is 67.7 Å². The number of benzene rings is 4. The van der Waals surface area contributed by atoms with Crippen LogP contribution in [0, 0.1) is 39.0 Å². The summed E-state index contributed by atoms with van der Waals surface area (Å²) in [6, 6.07) is 34.5. The van der Waals surface area contributed by atoms with E-state index in [2.05, 4.69) is 133 Å². The molecule has 57 heavy (non-hydrogen) atoms. The Balaban J connectivity index is 0.000000295. The summed E-state index contributed by atoms with van der Waals surface area (Å²) in [4.78, 5) is 13.6. The molecule has 0 spiro atoms. The smallest absolute Gasteiger partial charge is 0.870 e. The topological polar surface area (TPSA) is 91.1 Å². The van der Waals surface area contributed by atoms with Crippen LogP contribution in [0.1, 0.15) is 147 Å². The molecule has 4 aromatic carbocycles. The van der Waals surface area contributed by atoms with Crippen molar-refractivity contribution in [1.29, 1.82) is 5.26 Å². The SMILES string of the molecule is Cc1ccc(C2(C)CSc3cc(C)ccc3C2CCCCCCC#N)cc1.Cc1ccc(C2(C)CSc3cc(C)ccc3C2CCCCCCC(=O)O)cc1.[K+].[OH-]. The zero-order valence-electron chi connectivity index (χ0n) is 35.7. The minimum atomic E-state index is -0.680. The van der Waals surface area contributed by atoms with E-state index in [4.69, 9.17) is 10.4 Å². The molecule has 7 heteroatoms. The molecule has 0 saturated heterocycles. The Labute approximate surface area is 395 Å². The standard InChI is InChI=1S/C25H31NS.C25H32O2S.K.H2O/c1-19-10-13-21(14-11-19)25(3)18-27-24-17-20(2)12-15-22(24)23(25)9-7-5-4-6-8-16-26;1-18-10-13-20(14-11-18)25(3)17-28-23-16-19(2)12-15-21(23)22(25)8-6-4-5-7-9-24(26)27;;/h10-15,17,23H,4-9,18H2,1-3H3;10-16,22H,4-9,17H2,1-3H3,(H,26,27);;1H2/q;;+1;/p-1. The number of aryl methyl sites for hydroxylation is 4. The molecule has 4 unspecified atom stereocenters. The van der Waals surface area contributed by atoms with Crippen LogP contribution < -0.4 is 51.4 Å². The van der Waals surface area contributed by atoms with Crippen molar-refractivity contribution in [1.82, 2.24) is 0 Å². The van der Waals surface area contributed by atoms with E-state index in [9.17, 15) is 4.79 Å². The van der Waals surface area contributed by atoms with Gasteiger partial charge in [-0.15, -0.1) is 23.5 Å². The normalized spacial score (nSPS) is 20.6. The first kappa shape index (κ1) is 49.5. The van der Waals surface area contributed by atoms with E-state index in [1.165, 1.54) is 80.0 Å². The Bertz CT molecular complexity index is 1910. The summed E-state index contributed by atoms with van der Waals surface area (Å²) >= 11 is 4.02. The molecule has 2 aliphatic rings. The first-order valence-corrected chi connectivity index (χ1v) is 22.6. The number of fused-ring (bicyclic) bond motifs is 2. The van der Waals surface area contributed by atoms with Gasteiger partial charge in [0, 0.05) is 45.0 Å². The van der Waals surface area contributed by atoms with Gasteiger partial charge < -0.3 is 10.6 Å². The first-order chi connectivity index (χ1) is 26.4. The molecule has 4 nitrogen and oxygen atoms in total. The Morgan fingerprint density at radius 1 is 0.632 bits per heavy atom. The van der Waals surface area contributed by atoms with Crippen LogP contribution >= 0.6 is 23.5 Å². The van der Waals surface area contributed by atoms with Crippen molar-refractivity contribution < 1.29 is 66.8 Å². The van der Waals surface area contributed by atoms with Crippen LogP contribution in [0.2, 0.25) is 0 Å². The quantitative estimate of drug-likeness (QED) is 0.0948. The number of rotatable bonds is 15. The summed E-state index contributed by atoms with van der Waals surface area (Å²) in [7, 11) is 0. The van der Waals surface area contributed by atoms with Gasteiger partial charge in [0.15, 0.2) is 0 Å². The van der Waals surface area contributed by atoms with Gasteiger partial charge in [-0.2, -0.15) is 5.26 Å². The molecule has 4 aromatic rings. The Morgan fingerprint density at radius 3 is 1.42 bits per heavy atom. The molecule has 0 radical (unpaired) electrons. The van der Waals surface area contributed by atoms with E-state index in [0.717, 1.165) is 50.0 Å². The van der Waals surface area contributed by atoms with Crippen molar-refractivity contribution in [3.8, 4) is 6.07 Å². The fraction of sp³-hybridized carbons (Fsp3) is 0.480. The van der Waals surface area contributed by atoms with Crippen LogP contribution in [-0.2, 0) is 15.6 Å². The largest absolute Gasteiger partial charge is 1.00 e. The number of aliphatic carboxylic acids is 1. The molecule has 2 aliphatic heterocycles. The summed E-state index contributed by atoms with van der Waals surface area (Å²) in [6.45, 7) is 13.6. The van der Waals surface area contributed by atoms with Crippen molar-refractivity contribution in [2.75, 3.05) is 11.5 Å².